The van der Waals surface area contributed by atoms with Crippen LogP contribution in [-0.4, -0.2) is 84.7 Å². The highest BCUT2D eigenvalue weighted by Crippen LogP contribution is 2.28. The summed E-state index contributed by atoms with van der Waals surface area (Å²) in [5.41, 5.74) is 0.377. The first-order chi connectivity index (χ1) is 14.6. The van der Waals surface area contributed by atoms with Gasteiger partial charge in [0.05, 0.1) is 13.7 Å². The molecule has 0 aromatic heterocycles. The predicted molar refractivity (Wildman–Crippen MR) is 116 cm³/mol. The molecule has 0 spiro atoms. The number of aliphatic carboxylic acids is 1. The van der Waals surface area contributed by atoms with Crippen molar-refractivity contribution in [1.82, 2.24) is 15.1 Å². The number of rotatable bonds is 8. The van der Waals surface area contributed by atoms with E-state index < -0.39 is 5.97 Å². The molecule has 170 valence electrons. The Kier molecular flexibility index (Phi) is 8.44. The Bertz CT molecular complexity index is 823. The smallest absolute Gasteiger partial charge is 0.328 e. The molecular weight excluding hydrogens is 402 g/mol. The van der Waals surface area contributed by atoms with E-state index in [0.29, 0.717) is 49.8 Å². The molecule has 0 saturated carbocycles. The van der Waals surface area contributed by atoms with Crippen LogP contribution in [0.5, 0.6) is 11.5 Å². The van der Waals surface area contributed by atoms with E-state index in [0.717, 1.165) is 6.08 Å². The Balaban J connectivity index is 1.83. The lowest BCUT2D eigenvalue weighted by Gasteiger charge is -2.34. The number of hydrogen-bond acceptors (Lipinski definition) is 6. The first-order valence-electron chi connectivity index (χ1n) is 10.1. The first-order valence-corrected chi connectivity index (χ1v) is 10.1. The fourth-order valence-electron chi connectivity index (χ4n) is 3.12. The van der Waals surface area contributed by atoms with Gasteiger partial charge in [0.1, 0.15) is 0 Å². The summed E-state index contributed by atoms with van der Waals surface area (Å²) in [5, 5.41) is 11.7. The van der Waals surface area contributed by atoms with Gasteiger partial charge >= 0.3 is 5.97 Å². The molecule has 2 rings (SSSR count). The second-order valence-electron chi connectivity index (χ2n) is 8.33. The second kappa shape index (κ2) is 10.8. The van der Waals surface area contributed by atoms with Gasteiger partial charge in [-0.15, -0.1) is 0 Å². The number of carboxylic acid groups (broad SMARTS) is 1. The van der Waals surface area contributed by atoms with E-state index in [1.807, 2.05) is 25.7 Å². The summed E-state index contributed by atoms with van der Waals surface area (Å²) in [5.74, 6) is -0.393. The van der Waals surface area contributed by atoms with E-state index >= 15 is 0 Å². The van der Waals surface area contributed by atoms with Crippen molar-refractivity contribution in [2.24, 2.45) is 0 Å². The minimum Gasteiger partial charge on any atom is -0.493 e. The Morgan fingerprint density at radius 2 is 1.81 bits per heavy atom. The Morgan fingerprint density at radius 3 is 2.39 bits per heavy atom. The normalized spacial score (nSPS) is 15.0. The summed E-state index contributed by atoms with van der Waals surface area (Å²) in [4.78, 5) is 39.0. The molecule has 1 fully saturated rings. The molecule has 0 bridgehead atoms. The molecule has 1 aliphatic heterocycles. The molecule has 31 heavy (non-hydrogen) atoms. The number of hydrogen-bond donors (Lipinski definition) is 2. The number of carboxylic acids is 1. The fourth-order valence-corrected chi connectivity index (χ4v) is 3.12. The summed E-state index contributed by atoms with van der Waals surface area (Å²) in [6.07, 6.45) is 2.48. The first kappa shape index (κ1) is 24.2. The van der Waals surface area contributed by atoms with Gasteiger partial charge in [0, 0.05) is 37.8 Å². The second-order valence-corrected chi connectivity index (χ2v) is 8.33. The number of methoxy groups -OCH3 is 1. The summed E-state index contributed by atoms with van der Waals surface area (Å²) >= 11 is 0. The van der Waals surface area contributed by atoms with Crippen LogP contribution in [0.2, 0.25) is 0 Å². The van der Waals surface area contributed by atoms with Crippen LogP contribution in [0.3, 0.4) is 0 Å². The maximum atomic E-state index is 12.5. The molecule has 1 heterocycles. The van der Waals surface area contributed by atoms with Crippen LogP contribution in [0, 0.1) is 0 Å². The van der Waals surface area contributed by atoms with Gasteiger partial charge in [-0.3, -0.25) is 14.5 Å². The molecule has 9 nitrogen and oxygen atoms in total. The minimum atomic E-state index is -1.04. The molecule has 1 saturated heterocycles. The zero-order chi connectivity index (χ0) is 23.0. The number of ether oxygens (including phenoxy) is 2. The summed E-state index contributed by atoms with van der Waals surface area (Å²) < 4.78 is 10.9. The van der Waals surface area contributed by atoms with E-state index in [9.17, 15) is 14.4 Å². The van der Waals surface area contributed by atoms with E-state index in [2.05, 4.69) is 5.32 Å². The monoisotopic (exact) mass is 433 g/mol. The van der Waals surface area contributed by atoms with Gasteiger partial charge in [-0.1, -0.05) is 6.07 Å². The van der Waals surface area contributed by atoms with E-state index in [1.54, 1.807) is 23.1 Å². The van der Waals surface area contributed by atoms with Crippen molar-refractivity contribution in [1.29, 1.82) is 0 Å². The predicted octanol–water partition coefficient (Wildman–Crippen LogP) is 1.23. The van der Waals surface area contributed by atoms with Gasteiger partial charge in [-0.25, -0.2) is 4.79 Å². The lowest BCUT2D eigenvalue weighted by Crippen LogP contribution is -2.53. The molecule has 0 radical (unpaired) electrons. The van der Waals surface area contributed by atoms with Crippen molar-refractivity contribution in [3.05, 3.63) is 29.8 Å². The van der Waals surface area contributed by atoms with Crippen LogP contribution in [0.1, 0.15) is 26.3 Å². The van der Waals surface area contributed by atoms with Crippen molar-refractivity contribution in [3.8, 4) is 11.5 Å². The van der Waals surface area contributed by atoms with Crippen molar-refractivity contribution in [2.45, 2.75) is 26.3 Å². The number of nitrogens with one attached hydrogen (secondary N) is 1. The minimum absolute atomic E-state index is 0.0237. The number of carbonyl (C=O) groups is 3. The van der Waals surface area contributed by atoms with Crippen molar-refractivity contribution < 1.29 is 29.0 Å². The van der Waals surface area contributed by atoms with Gasteiger partial charge in [-0.05, 0) is 44.5 Å². The number of nitrogens with zero attached hydrogens (tertiary/aromatic N) is 2. The Hall–Kier alpha value is -3.07. The molecule has 2 N–H and O–H groups in total. The number of piperazine rings is 1. The molecule has 0 atom stereocenters. The van der Waals surface area contributed by atoms with E-state index in [1.165, 1.54) is 13.2 Å². The molecule has 2 amide bonds. The van der Waals surface area contributed by atoms with Crippen LogP contribution in [0.15, 0.2) is 24.3 Å². The SMILES string of the molecule is COc1cc(/C=C/C(=O)O)ccc1OCC(=O)N1CCN(CC(=O)NC(C)(C)C)CC1. The largest absolute Gasteiger partial charge is 0.493 e. The lowest BCUT2D eigenvalue weighted by atomic mass is 10.1. The van der Waals surface area contributed by atoms with Crippen molar-refractivity contribution in [2.75, 3.05) is 46.4 Å². The lowest BCUT2D eigenvalue weighted by molar-refractivity contribution is -0.135. The maximum Gasteiger partial charge on any atom is 0.328 e. The zero-order valence-electron chi connectivity index (χ0n) is 18.5. The van der Waals surface area contributed by atoms with Crippen LogP contribution >= 0.6 is 0 Å². The quantitative estimate of drug-likeness (QED) is 0.594. The van der Waals surface area contributed by atoms with Crippen LogP contribution < -0.4 is 14.8 Å². The molecule has 0 unspecified atom stereocenters. The zero-order valence-corrected chi connectivity index (χ0v) is 18.5. The molecule has 9 heteroatoms. The van der Waals surface area contributed by atoms with Gasteiger partial charge in [0.2, 0.25) is 5.91 Å². The average molecular weight is 434 g/mol. The highest BCUT2D eigenvalue weighted by molar-refractivity contribution is 5.85. The third-order valence-electron chi connectivity index (χ3n) is 4.56. The third kappa shape index (κ3) is 8.29. The van der Waals surface area contributed by atoms with E-state index in [-0.39, 0.29) is 24.0 Å². The van der Waals surface area contributed by atoms with E-state index in [4.69, 9.17) is 14.6 Å². The highest BCUT2D eigenvalue weighted by atomic mass is 16.5. The average Bonchev–Trinajstić information content (AvgIpc) is 2.69. The van der Waals surface area contributed by atoms with Crippen molar-refractivity contribution >= 4 is 23.9 Å². The third-order valence-corrected chi connectivity index (χ3v) is 4.56. The molecule has 0 aliphatic carbocycles. The Morgan fingerprint density at radius 1 is 1.13 bits per heavy atom. The van der Waals surface area contributed by atoms with Gasteiger partial charge < -0.3 is 24.8 Å². The van der Waals surface area contributed by atoms with Gasteiger partial charge in [0.25, 0.3) is 5.91 Å². The van der Waals surface area contributed by atoms with Gasteiger partial charge in [-0.2, -0.15) is 0 Å². The fraction of sp³-hybridized carbons (Fsp3) is 0.500. The molecule has 1 aromatic carbocycles. The van der Waals surface area contributed by atoms with Crippen LogP contribution in [0.25, 0.3) is 6.08 Å². The number of benzene rings is 1. The van der Waals surface area contributed by atoms with Gasteiger partial charge in [0.15, 0.2) is 18.1 Å². The topological polar surface area (TPSA) is 108 Å². The number of carbonyl (C=O) groups excluding carboxylic acids is 2. The van der Waals surface area contributed by atoms with Crippen LogP contribution in [0.4, 0.5) is 0 Å². The summed E-state index contributed by atoms with van der Waals surface area (Å²) in [6.45, 7) is 8.31. The summed E-state index contributed by atoms with van der Waals surface area (Å²) in [7, 11) is 1.48. The standard InChI is InChI=1S/C22H31N3O6/c1-22(2,3)23-19(26)14-24-9-11-25(12-10-24)20(27)15-31-17-7-5-16(6-8-21(28)29)13-18(17)30-4/h5-8,13H,9-12,14-15H2,1-4H3,(H,23,26)(H,28,29)/b8-6+. The molecular formula is C22H31N3O6. The molecule has 1 aliphatic rings. The summed E-state index contributed by atoms with van der Waals surface area (Å²) in [6, 6.07) is 4.96. The number of amides is 2. The van der Waals surface area contributed by atoms with Crippen molar-refractivity contribution in [3.63, 3.8) is 0 Å². The van der Waals surface area contributed by atoms with Crippen LogP contribution in [-0.2, 0) is 14.4 Å². The Labute approximate surface area is 182 Å². The highest BCUT2D eigenvalue weighted by Gasteiger charge is 2.24. The maximum absolute atomic E-state index is 12.5. The molecule has 1 aromatic rings.